The van der Waals surface area contributed by atoms with Gasteiger partial charge in [-0.3, -0.25) is 14.3 Å². The second kappa shape index (κ2) is 7.01. The Bertz CT molecular complexity index is 1260. The van der Waals surface area contributed by atoms with Crippen LogP contribution in [0.15, 0.2) is 59.7 Å². The summed E-state index contributed by atoms with van der Waals surface area (Å²) < 4.78 is 4.00. The van der Waals surface area contributed by atoms with Crippen LogP contribution in [-0.4, -0.2) is 27.2 Å². The minimum Gasteiger partial charge on any atom is -0.347 e. The molecule has 1 aliphatic rings. The van der Waals surface area contributed by atoms with Gasteiger partial charge in [-0.15, -0.1) is 0 Å². The van der Waals surface area contributed by atoms with E-state index in [0.717, 1.165) is 48.4 Å². The third-order valence-electron chi connectivity index (χ3n) is 5.95. The van der Waals surface area contributed by atoms with Gasteiger partial charge in [-0.25, -0.2) is 0 Å². The number of nitrogens with zero attached hydrogens (tertiary/aromatic N) is 3. The van der Waals surface area contributed by atoms with Crippen molar-refractivity contribution in [2.24, 2.45) is 7.05 Å². The Hall–Kier alpha value is -3.18. The number of pyridine rings is 2. The van der Waals surface area contributed by atoms with Gasteiger partial charge in [-0.05, 0) is 55.3 Å². The fraction of sp³-hybridized carbons (Fsp3) is 0.250. The summed E-state index contributed by atoms with van der Waals surface area (Å²) >= 11 is 0. The van der Waals surface area contributed by atoms with Gasteiger partial charge in [-0.2, -0.15) is 0 Å². The maximum atomic E-state index is 12.9. The average Bonchev–Trinajstić information content (AvgIpc) is 2.89. The lowest BCUT2D eigenvalue weighted by Crippen LogP contribution is -2.17. The average molecular weight is 384 g/mol. The van der Waals surface area contributed by atoms with Crippen molar-refractivity contribution >= 4 is 10.9 Å². The molecule has 0 amide bonds. The Kier molecular flexibility index (Phi) is 4.32. The second-order valence-electron chi connectivity index (χ2n) is 7.75. The molecular formula is C24H24N4O. The molecule has 1 aromatic carbocycles. The van der Waals surface area contributed by atoms with E-state index >= 15 is 0 Å². The van der Waals surface area contributed by atoms with Gasteiger partial charge in [0.15, 0.2) is 0 Å². The molecule has 4 aromatic rings. The minimum absolute atomic E-state index is 0.0394. The van der Waals surface area contributed by atoms with E-state index in [2.05, 4.69) is 40.1 Å². The summed E-state index contributed by atoms with van der Waals surface area (Å²) in [6.45, 7) is 3.99. The van der Waals surface area contributed by atoms with E-state index in [-0.39, 0.29) is 5.56 Å². The number of fused-ring (bicyclic) bond motifs is 3. The van der Waals surface area contributed by atoms with Gasteiger partial charge < -0.3 is 9.88 Å². The molecule has 29 heavy (non-hydrogen) atoms. The summed E-state index contributed by atoms with van der Waals surface area (Å²) in [5, 5.41) is 4.77. The summed E-state index contributed by atoms with van der Waals surface area (Å²) in [7, 11) is 2.13. The van der Waals surface area contributed by atoms with Crippen LogP contribution in [0, 0.1) is 6.92 Å². The second-order valence-corrected chi connectivity index (χ2v) is 7.75. The fourth-order valence-corrected chi connectivity index (χ4v) is 4.36. The summed E-state index contributed by atoms with van der Waals surface area (Å²) in [6, 6.07) is 14.0. The molecule has 0 saturated carbocycles. The van der Waals surface area contributed by atoms with Gasteiger partial charge in [-0.1, -0.05) is 12.1 Å². The van der Waals surface area contributed by atoms with Crippen LogP contribution in [0.1, 0.15) is 17.0 Å². The molecule has 0 unspecified atom stereocenters. The zero-order valence-corrected chi connectivity index (χ0v) is 16.8. The van der Waals surface area contributed by atoms with Crippen molar-refractivity contribution in [2.45, 2.75) is 19.8 Å². The van der Waals surface area contributed by atoms with Crippen LogP contribution in [0.4, 0.5) is 0 Å². The Morgan fingerprint density at radius 1 is 1.00 bits per heavy atom. The SMILES string of the molecule is Cc1ccc(-c2ccn(-c3ccc4c5c(n(C)c4c3)CCNCC5)c(=O)c2)cn1. The first kappa shape index (κ1) is 17.9. The highest BCUT2D eigenvalue weighted by Crippen LogP contribution is 2.29. The lowest BCUT2D eigenvalue weighted by molar-refractivity contribution is 0.699. The van der Waals surface area contributed by atoms with E-state index in [1.54, 1.807) is 10.6 Å². The van der Waals surface area contributed by atoms with Crippen molar-refractivity contribution in [3.63, 3.8) is 0 Å². The summed E-state index contributed by atoms with van der Waals surface area (Å²) in [5.74, 6) is 0. The molecule has 0 saturated heterocycles. The van der Waals surface area contributed by atoms with Gasteiger partial charge >= 0.3 is 0 Å². The van der Waals surface area contributed by atoms with E-state index in [1.807, 2.05) is 37.5 Å². The van der Waals surface area contributed by atoms with Crippen molar-refractivity contribution in [1.29, 1.82) is 0 Å². The van der Waals surface area contributed by atoms with Crippen molar-refractivity contribution in [2.75, 3.05) is 13.1 Å². The highest BCUT2D eigenvalue weighted by Gasteiger charge is 2.17. The molecule has 5 rings (SSSR count). The van der Waals surface area contributed by atoms with E-state index in [1.165, 1.54) is 22.2 Å². The van der Waals surface area contributed by atoms with Gasteiger partial charge in [0, 0.05) is 60.8 Å². The zero-order chi connectivity index (χ0) is 20.0. The molecule has 4 heterocycles. The molecule has 0 aliphatic carbocycles. The standard InChI is InChI=1S/C24H24N4O/c1-16-3-4-18(15-26-16)17-9-12-28(24(29)13-17)19-5-6-20-21-7-10-25-11-8-22(21)27(2)23(20)14-19/h3-6,9,12-15,25H,7-8,10-11H2,1-2H3. The quantitative estimate of drug-likeness (QED) is 0.576. The molecule has 0 spiro atoms. The molecule has 0 bridgehead atoms. The molecular weight excluding hydrogens is 360 g/mol. The predicted molar refractivity (Wildman–Crippen MR) is 117 cm³/mol. The topological polar surface area (TPSA) is 51.9 Å². The van der Waals surface area contributed by atoms with E-state index in [0.29, 0.717) is 0 Å². The monoisotopic (exact) mass is 384 g/mol. The van der Waals surface area contributed by atoms with E-state index in [4.69, 9.17) is 0 Å². The molecule has 0 radical (unpaired) electrons. The highest BCUT2D eigenvalue weighted by molar-refractivity contribution is 5.87. The van der Waals surface area contributed by atoms with Crippen LogP contribution in [0.5, 0.6) is 0 Å². The Morgan fingerprint density at radius 2 is 1.86 bits per heavy atom. The van der Waals surface area contributed by atoms with Gasteiger partial charge in [0.1, 0.15) is 0 Å². The van der Waals surface area contributed by atoms with Crippen LogP contribution in [0.3, 0.4) is 0 Å². The lowest BCUT2D eigenvalue weighted by Gasteiger charge is -2.09. The number of hydrogen-bond acceptors (Lipinski definition) is 3. The molecule has 146 valence electrons. The molecule has 0 atom stereocenters. The number of aryl methyl sites for hydroxylation is 2. The summed E-state index contributed by atoms with van der Waals surface area (Å²) in [6.07, 6.45) is 5.75. The minimum atomic E-state index is -0.0394. The normalized spacial score (nSPS) is 14.0. The van der Waals surface area contributed by atoms with Crippen LogP contribution >= 0.6 is 0 Å². The van der Waals surface area contributed by atoms with Gasteiger partial charge in [0.2, 0.25) is 0 Å². The van der Waals surface area contributed by atoms with Crippen molar-refractivity contribution in [3.8, 4) is 16.8 Å². The number of hydrogen-bond donors (Lipinski definition) is 1. The molecule has 3 aromatic heterocycles. The third-order valence-corrected chi connectivity index (χ3v) is 5.95. The first-order chi connectivity index (χ1) is 14.1. The third kappa shape index (κ3) is 3.08. The van der Waals surface area contributed by atoms with Crippen molar-refractivity contribution < 1.29 is 0 Å². The highest BCUT2D eigenvalue weighted by atomic mass is 16.1. The van der Waals surface area contributed by atoms with Crippen LogP contribution < -0.4 is 10.9 Å². The van der Waals surface area contributed by atoms with Gasteiger partial charge in [0.05, 0.1) is 11.2 Å². The summed E-state index contributed by atoms with van der Waals surface area (Å²) in [4.78, 5) is 17.2. The summed E-state index contributed by atoms with van der Waals surface area (Å²) in [5.41, 5.74) is 7.69. The van der Waals surface area contributed by atoms with Gasteiger partial charge in [0.25, 0.3) is 5.56 Å². The van der Waals surface area contributed by atoms with Crippen LogP contribution in [-0.2, 0) is 19.9 Å². The molecule has 1 aliphatic heterocycles. The number of nitrogens with one attached hydrogen (secondary N) is 1. The van der Waals surface area contributed by atoms with E-state index < -0.39 is 0 Å². The Labute approximate surface area is 169 Å². The first-order valence-corrected chi connectivity index (χ1v) is 10.1. The molecule has 5 nitrogen and oxygen atoms in total. The zero-order valence-electron chi connectivity index (χ0n) is 16.8. The fourth-order valence-electron chi connectivity index (χ4n) is 4.36. The van der Waals surface area contributed by atoms with Crippen LogP contribution in [0.2, 0.25) is 0 Å². The first-order valence-electron chi connectivity index (χ1n) is 10.1. The largest absolute Gasteiger partial charge is 0.347 e. The number of aromatic nitrogens is 3. The lowest BCUT2D eigenvalue weighted by atomic mass is 10.1. The van der Waals surface area contributed by atoms with E-state index in [9.17, 15) is 4.79 Å². The number of benzene rings is 1. The molecule has 1 N–H and O–H groups in total. The Morgan fingerprint density at radius 3 is 2.66 bits per heavy atom. The van der Waals surface area contributed by atoms with Crippen molar-refractivity contribution in [3.05, 3.63) is 82.2 Å². The van der Waals surface area contributed by atoms with Crippen molar-refractivity contribution in [1.82, 2.24) is 19.4 Å². The Balaban J connectivity index is 1.58. The number of rotatable bonds is 2. The predicted octanol–water partition coefficient (Wildman–Crippen LogP) is 3.39. The van der Waals surface area contributed by atoms with Crippen LogP contribution in [0.25, 0.3) is 27.7 Å². The molecule has 0 fully saturated rings. The molecule has 5 heteroatoms. The smallest absolute Gasteiger partial charge is 0.255 e. The maximum absolute atomic E-state index is 12.9. The maximum Gasteiger partial charge on any atom is 0.255 e.